The molecule has 0 unspecified atom stereocenters. The fourth-order valence-electron chi connectivity index (χ4n) is 1.63. The van der Waals surface area contributed by atoms with Crippen LogP contribution >= 0.6 is 0 Å². The molecule has 1 aromatic carbocycles. The molecule has 4 heteroatoms. The molecule has 1 fully saturated rings. The first kappa shape index (κ1) is 11.0. The summed E-state index contributed by atoms with van der Waals surface area (Å²) in [5.41, 5.74) is -0.0932. The molecule has 86 valence electrons. The Hall–Kier alpha value is -1.55. The molecule has 0 bridgehead atoms. The highest BCUT2D eigenvalue weighted by molar-refractivity contribution is 5.69. The maximum absolute atomic E-state index is 11.6. The van der Waals surface area contributed by atoms with Crippen molar-refractivity contribution in [3.05, 3.63) is 35.9 Å². The molecule has 0 radical (unpaired) electrons. The number of carbonyl (C=O) groups excluding carboxylic acids is 1. The van der Waals surface area contributed by atoms with Crippen molar-refractivity contribution in [3.63, 3.8) is 0 Å². The zero-order chi connectivity index (χ0) is 11.6. The summed E-state index contributed by atoms with van der Waals surface area (Å²) in [6.07, 6.45) is 0.146. The third-order valence-corrected chi connectivity index (χ3v) is 2.82. The van der Waals surface area contributed by atoms with E-state index in [0.29, 0.717) is 13.0 Å². The maximum Gasteiger partial charge on any atom is 0.412 e. The van der Waals surface area contributed by atoms with E-state index < -0.39 is 11.8 Å². The van der Waals surface area contributed by atoms with Gasteiger partial charge in [0.1, 0.15) is 12.3 Å². The van der Waals surface area contributed by atoms with Gasteiger partial charge in [0.05, 0.1) is 0 Å². The molecule has 4 nitrogen and oxygen atoms in total. The highest BCUT2D eigenvalue weighted by Gasteiger charge is 2.42. The van der Waals surface area contributed by atoms with Crippen LogP contribution in [0.1, 0.15) is 18.9 Å². The van der Waals surface area contributed by atoms with Crippen LogP contribution in [-0.4, -0.2) is 28.4 Å². The fourth-order valence-corrected chi connectivity index (χ4v) is 1.63. The van der Waals surface area contributed by atoms with Crippen molar-refractivity contribution >= 4 is 6.09 Å². The van der Waals surface area contributed by atoms with Gasteiger partial charge in [-0.2, -0.15) is 0 Å². The molecule has 1 aromatic rings. The zero-order valence-corrected chi connectivity index (χ0v) is 9.22. The van der Waals surface area contributed by atoms with Crippen molar-refractivity contribution < 1.29 is 14.6 Å². The minimum absolute atomic E-state index is 0.242. The molecule has 1 aliphatic heterocycles. The Labute approximate surface area is 94.4 Å². The monoisotopic (exact) mass is 221 g/mol. The van der Waals surface area contributed by atoms with Gasteiger partial charge in [0.15, 0.2) is 0 Å². The minimum atomic E-state index is -1.03. The number of ether oxygens (including phenoxy) is 1. The second kappa shape index (κ2) is 4.14. The lowest BCUT2D eigenvalue weighted by molar-refractivity contribution is -0.150. The van der Waals surface area contributed by atoms with Crippen LogP contribution < -0.4 is 0 Å². The summed E-state index contributed by atoms with van der Waals surface area (Å²) in [5.74, 6) is 0. The van der Waals surface area contributed by atoms with Gasteiger partial charge in [-0.25, -0.2) is 4.79 Å². The van der Waals surface area contributed by atoms with Crippen molar-refractivity contribution in [2.45, 2.75) is 25.7 Å². The van der Waals surface area contributed by atoms with Crippen LogP contribution in [0.5, 0.6) is 0 Å². The van der Waals surface area contributed by atoms with Gasteiger partial charge < -0.3 is 9.84 Å². The van der Waals surface area contributed by atoms with E-state index >= 15 is 0 Å². The van der Waals surface area contributed by atoms with E-state index in [1.807, 2.05) is 30.3 Å². The van der Waals surface area contributed by atoms with Gasteiger partial charge in [-0.1, -0.05) is 30.3 Å². The molecule has 0 saturated carbocycles. The van der Waals surface area contributed by atoms with Crippen molar-refractivity contribution in [2.24, 2.45) is 0 Å². The maximum atomic E-state index is 11.6. The normalized spacial score (nSPS) is 23.8. The Morgan fingerprint density at radius 2 is 2.19 bits per heavy atom. The van der Waals surface area contributed by atoms with E-state index in [4.69, 9.17) is 4.74 Å². The van der Waals surface area contributed by atoms with E-state index in [1.165, 1.54) is 4.90 Å². The second-order valence-electron chi connectivity index (χ2n) is 4.16. The van der Waals surface area contributed by atoms with E-state index in [0.717, 1.165) is 5.56 Å². The summed E-state index contributed by atoms with van der Waals surface area (Å²) in [5, 5.41) is 9.67. The van der Waals surface area contributed by atoms with Crippen LogP contribution in [0.15, 0.2) is 30.3 Å². The first-order valence-corrected chi connectivity index (χ1v) is 5.30. The van der Waals surface area contributed by atoms with Gasteiger partial charge in [0.25, 0.3) is 0 Å². The number of likely N-dealkylation sites (tertiary alicyclic amines) is 1. The lowest BCUT2D eigenvalue weighted by Gasteiger charge is -2.45. The molecule has 0 aromatic heterocycles. The van der Waals surface area contributed by atoms with Gasteiger partial charge in [-0.3, -0.25) is 4.90 Å². The first-order chi connectivity index (χ1) is 7.59. The van der Waals surface area contributed by atoms with Gasteiger partial charge in [-0.05, 0) is 12.5 Å². The number of benzene rings is 1. The van der Waals surface area contributed by atoms with Gasteiger partial charge in [0.2, 0.25) is 0 Å². The Balaban J connectivity index is 1.85. The first-order valence-electron chi connectivity index (χ1n) is 5.30. The van der Waals surface area contributed by atoms with Gasteiger partial charge >= 0.3 is 6.09 Å². The van der Waals surface area contributed by atoms with Crippen molar-refractivity contribution in [1.82, 2.24) is 4.90 Å². The summed E-state index contributed by atoms with van der Waals surface area (Å²) in [6, 6.07) is 9.47. The molecule has 16 heavy (non-hydrogen) atoms. The standard InChI is InChI=1S/C12H15NO3/c1-12(15)7-8-13(12)11(14)16-9-10-5-3-2-4-6-10/h2-6,15H,7-9H2,1H3/t12-/m0/s1. The van der Waals surface area contributed by atoms with Crippen LogP contribution in [0.25, 0.3) is 0 Å². The molecule has 0 aliphatic carbocycles. The van der Waals surface area contributed by atoms with Crippen LogP contribution in [0, 0.1) is 0 Å². The van der Waals surface area contributed by atoms with Gasteiger partial charge in [-0.15, -0.1) is 0 Å². The minimum Gasteiger partial charge on any atom is -0.444 e. The lowest BCUT2D eigenvalue weighted by atomic mass is 10.0. The van der Waals surface area contributed by atoms with E-state index in [9.17, 15) is 9.90 Å². The molecule has 1 atom stereocenters. The topological polar surface area (TPSA) is 49.8 Å². The number of carbonyl (C=O) groups is 1. The smallest absolute Gasteiger partial charge is 0.412 e. The van der Waals surface area contributed by atoms with E-state index in [-0.39, 0.29) is 6.61 Å². The predicted molar refractivity (Wildman–Crippen MR) is 58.6 cm³/mol. The van der Waals surface area contributed by atoms with Crippen molar-refractivity contribution in [2.75, 3.05) is 6.54 Å². The highest BCUT2D eigenvalue weighted by Crippen LogP contribution is 2.27. The molecule has 0 spiro atoms. The van der Waals surface area contributed by atoms with Crippen LogP contribution in [0.4, 0.5) is 4.79 Å². The summed E-state index contributed by atoms with van der Waals surface area (Å²) < 4.78 is 5.09. The number of rotatable bonds is 2. The molecule has 2 rings (SSSR count). The summed E-state index contributed by atoms with van der Waals surface area (Å²) in [6.45, 7) is 2.41. The molecular formula is C12H15NO3. The summed E-state index contributed by atoms with van der Waals surface area (Å²) >= 11 is 0. The Kier molecular flexibility index (Phi) is 2.83. The highest BCUT2D eigenvalue weighted by atomic mass is 16.6. The summed E-state index contributed by atoms with van der Waals surface area (Å²) in [4.78, 5) is 12.9. The molecule has 1 heterocycles. The Morgan fingerprint density at radius 3 is 2.69 bits per heavy atom. The fraction of sp³-hybridized carbons (Fsp3) is 0.417. The molecule has 1 amide bonds. The molecule has 1 N–H and O–H groups in total. The van der Waals surface area contributed by atoms with Crippen LogP contribution in [-0.2, 0) is 11.3 Å². The number of hydrogen-bond acceptors (Lipinski definition) is 3. The average molecular weight is 221 g/mol. The molecule has 1 aliphatic rings. The van der Waals surface area contributed by atoms with E-state index in [1.54, 1.807) is 6.92 Å². The largest absolute Gasteiger partial charge is 0.444 e. The number of aliphatic hydroxyl groups is 1. The molecular weight excluding hydrogens is 206 g/mol. The molecule has 1 saturated heterocycles. The van der Waals surface area contributed by atoms with Crippen molar-refractivity contribution in [1.29, 1.82) is 0 Å². The lowest BCUT2D eigenvalue weighted by Crippen LogP contribution is -2.60. The number of nitrogens with zero attached hydrogens (tertiary/aromatic N) is 1. The van der Waals surface area contributed by atoms with Crippen LogP contribution in [0.2, 0.25) is 0 Å². The number of hydrogen-bond donors (Lipinski definition) is 1. The van der Waals surface area contributed by atoms with Gasteiger partial charge in [0, 0.05) is 13.0 Å². The SMILES string of the molecule is C[C@]1(O)CCN1C(=O)OCc1ccccc1. The third-order valence-electron chi connectivity index (χ3n) is 2.82. The Bertz CT molecular complexity index is 375. The number of amides is 1. The van der Waals surface area contributed by atoms with Crippen molar-refractivity contribution in [3.8, 4) is 0 Å². The quantitative estimate of drug-likeness (QED) is 0.827. The van der Waals surface area contributed by atoms with Crippen LogP contribution in [0.3, 0.4) is 0 Å². The third kappa shape index (κ3) is 2.17. The van der Waals surface area contributed by atoms with E-state index in [2.05, 4.69) is 0 Å². The Morgan fingerprint density at radius 1 is 1.50 bits per heavy atom. The average Bonchev–Trinajstić information content (AvgIpc) is 2.26. The predicted octanol–water partition coefficient (Wildman–Crippen LogP) is 1.74. The zero-order valence-electron chi connectivity index (χ0n) is 9.22. The second-order valence-corrected chi connectivity index (χ2v) is 4.16. The summed E-state index contributed by atoms with van der Waals surface area (Å²) in [7, 11) is 0.